The summed E-state index contributed by atoms with van der Waals surface area (Å²) < 4.78 is 0. The van der Waals surface area contributed by atoms with Crippen LogP contribution in [0.1, 0.15) is 24.9 Å². The molecule has 0 aromatic heterocycles. The zero-order valence-corrected chi connectivity index (χ0v) is 10.0. The number of hydrogen-bond acceptors (Lipinski definition) is 2. The molecule has 0 aliphatic rings. The smallest absolute Gasteiger partial charge is 0.221 e. The molecule has 3 heteroatoms. The molecule has 0 aliphatic heterocycles. The van der Waals surface area contributed by atoms with Crippen molar-refractivity contribution in [1.82, 2.24) is 5.32 Å². The number of thioether (sulfide) groups is 1. The van der Waals surface area contributed by atoms with Crippen molar-refractivity contribution in [2.24, 2.45) is 0 Å². The largest absolute Gasteiger partial charge is 0.350 e. The van der Waals surface area contributed by atoms with Crippen molar-refractivity contribution in [1.29, 1.82) is 0 Å². The molecule has 1 atom stereocenters. The molecular formula is C12H17NOS. The van der Waals surface area contributed by atoms with E-state index in [1.807, 2.05) is 43.5 Å². The van der Waals surface area contributed by atoms with Crippen molar-refractivity contribution in [3.63, 3.8) is 0 Å². The predicted octanol–water partition coefficient (Wildman–Crippen LogP) is 2.62. The molecular weight excluding hydrogens is 206 g/mol. The van der Waals surface area contributed by atoms with Gasteiger partial charge < -0.3 is 5.32 Å². The van der Waals surface area contributed by atoms with Gasteiger partial charge in [-0.1, -0.05) is 30.3 Å². The topological polar surface area (TPSA) is 29.1 Å². The van der Waals surface area contributed by atoms with Crippen molar-refractivity contribution in [3.05, 3.63) is 35.9 Å². The summed E-state index contributed by atoms with van der Waals surface area (Å²) >= 11 is 1.69. The summed E-state index contributed by atoms with van der Waals surface area (Å²) in [5.41, 5.74) is 1.15. The first-order chi connectivity index (χ1) is 7.24. The van der Waals surface area contributed by atoms with E-state index in [0.29, 0.717) is 6.42 Å². The minimum atomic E-state index is 0.0977. The van der Waals surface area contributed by atoms with Gasteiger partial charge in [-0.25, -0.2) is 0 Å². The van der Waals surface area contributed by atoms with E-state index < -0.39 is 0 Å². The lowest BCUT2D eigenvalue weighted by atomic mass is 10.1. The molecule has 15 heavy (non-hydrogen) atoms. The van der Waals surface area contributed by atoms with E-state index in [0.717, 1.165) is 11.3 Å². The summed E-state index contributed by atoms with van der Waals surface area (Å²) in [5, 5.41) is 2.98. The van der Waals surface area contributed by atoms with E-state index in [1.165, 1.54) is 0 Å². The van der Waals surface area contributed by atoms with Crippen LogP contribution in [0.5, 0.6) is 0 Å². The number of nitrogens with one attached hydrogen (secondary N) is 1. The van der Waals surface area contributed by atoms with Crippen LogP contribution in [0.15, 0.2) is 30.3 Å². The molecule has 1 N–H and O–H groups in total. The van der Waals surface area contributed by atoms with Gasteiger partial charge in [-0.05, 0) is 18.7 Å². The molecule has 0 heterocycles. The first-order valence-corrected chi connectivity index (χ1v) is 6.46. The number of benzene rings is 1. The second kappa shape index (κ2) is 6.51. The van der Waals surface area contributed by atoms with Gasteiger partial charge >= 0.3 is 0 Å². The Labute approximate surface area is 95.5 Å². The molecule has 0 saturated heterocycles. The molecule has 0 spiro atoms. The summed E-state index contributed by atoms with van der Waals surface area (Å²) in [6.45, 7) is 2.01. The monoisotopic (exact) mass is 223 g/mol. The maximum absolute atomic E-state index is 11.5. The summed E-state index contributed by atoms with van der Waals surface area (Å²) in [4.78, 5) is 11.5. The fourth-order valence-electron chi connectivity index (χ4n) is 1.33. The van der Waals surface area contributed by atoms with E-state index >= 15 is 0 Å². The lowest BCUT2D eigenvalue weighted by molar-refractivity contribution is -0.121. The zero-order valence-electron chi connectivity index (χ0n) is 9.19. The van der Waals surface area contributed by atoms with Crippen molar-refractivity contribution in [3.8, 4) is 0 Å². The van der Waals surface area contributed by atoms with Crippen molar-refractivity contribution in [2.45, 2.75) is 19.4 Å². The zero-order chi connectivity index (χ0) is 11.1. The Bertz CT molecular complexity index is 300. The number of carbonyl (C=O) groups excluding carboxylic acids is 1. The van der Waals surface area contributed by atoms with Crippen LogP contribution in [0.25, 0.3) is 0 Å². The Hall–Kier alpha value is -0.960. The summed E-state index contributed by atoms with van der Waals surface area (Å²) in [5.74, 6) is 1.01. The second-order valence-corrected chi connectivity index (χ2v) is 4.43. The quantitative estimate of drug-likeness (QED) is 0.831. The average Bonchev–Trinajstić information content (AvgIpc) is 2.27. The standard InChI is InChI=1S/C12H17NOS/c1-10(11-6-4-3-5-7-11)13-12(14)8-9-15-2/h3-7,10H,8-9H2,1-2H3,(H,13,14). The fraction of sp³-hybridized carbons (Fsp3) is 0.417. The fourth-order valence-corrected chi connectivity index (χ4v) is 1.72. The minimum absolute atomic E-state index is 0.0977. The summed E-state index contributed by atoms with van der Waals surface area (Å²) in [6, 6.07) is 10.1. The molecule has 82 valence electrons. The van der Waals surface area contributed by atoms with Gasteiger partial charge in [0.05, 0.1) is 6.04 Å². The number of hydrogen-bond donors (Lipinski definition) is 1. The molecule has 0 fully saturated rings. The lowest BCUT2D eigenvalue weighted by Gasteiger charge is -2.13. The Morgan fingerprint density at radius 2 is 2.07 bits per heavy atom. The van der Waals surface area contributed by atoms with Gasteiger partial charge in [-0.15, -0.1) is 0 Å². The maximum Gasteiger partial charge on any atom is 0.221 e. The van der Waals surface area contributed by atoms with Gasteiger partial charge in [-0.3, -0.25) is 4.79 Å². The van der Waals surface area contributed by atoms with Crippen molar-refractivity contribution >= 4 is 17.7 Å². The molecule has 1 aromatic rings. The molecule has 0 radical (unpaired) electrons. The van der Waals surface area contributed by atoms with Crippen LogP contribution in [0.2, 0.25) is 0 Å². The molecule has 0 saturated carbocycles. The van der Waals surface area contributed by atoms with Crippen LogP contribution in [-0.2, 0) is 4.79 Å². The molecule has 2 nitrogen and oxygen atoms in total. The Morgan fingerprint density at radius 1 is 1.40 bits per heavy atom. The highest BCUT2D eigenvalue weighted by molar-refractivity contribution is 7.98. The molecule has 1 rings (SSSR count). The second-order valence-electron chi connectivity index (χ2n) is 3.44. The SMILES string of the molecule is CSCCC(=O)NC(C)c1ccccc1. The third kappa shape index (κ3) is 4.38. The van der Waals surface area contributed by atoms with Gasteiger partial charge in [0.2, 0.25) is 5.91 Å². The van der Waals surface area contributed by atoms with Gasteiger partial charge in [0, 0.05) is 12.2 Å². The van der Waals surface area contributed by atoms with Crippen LogP contribution < -0.4 is 5.32 Å². The van der Waals surface area contributed by atoms with Crippen LogP contribution in [-0.4, -0.2) is 17.9 Å². The summed E-state index contributed by atoms with van der Waals surface area (Å²) in [6.07, 6.45) is 2.60. The van der Waals surface area contributed by atoms with Crippen LogP contribution in [0, 0.1) is 0 Å². The number of rotatable bonds is 5. The highest BCUT2D eigenvalue weighted by Gasteiger charge is 2.07. The maximum atomic E-state index is 11.5. The third-order valence-corrected chi connectivity index (χ3v) is 2.82. The molecule has 1 unspecified atom stereocenters. The van der Waals surface area contributed by atoms with Crippen LogP contribution in [0.4, 0.5) is 0 Å². The van der Waals surface area contributed by atoms with Crippen LogP contribution >= 0.6 is 11.8 Å². The highest BCUT2D eigenvalue weighted by Crippen LogP contribution is 2.11. The normalized spacial score (nSPS) is 12.1. The number of amides is 1. The van der Waals surface area contributed by atoms with Gasteiger partial charge in [0.1, 0.15) is 0 Å². The average molecular weight is 223 g/mol. The Morgan fingerprint density at radius 3 is 2.67 bits per heavy atom. The van der Waals surface area contributed by atoms with Gasteiger partial charge in [-0.2, -0.15) is 11.8 Å². The van der Waals surface area contributed by atoms with Crippen molar-refractivity contribution < 1.29 is 4.79 Å². The van der Waals surface area contributed by atoms with Crippen molar-refractivity contribution in [2.75, 3.05) is 12.0 Å². The third-order valence-electron chi connectivity index (χ3n) is 2.21. The van der Waals surface area contributed by atoms with E-state index in [9.17, 15) is 4.79 Å². The molecule has 1 amide bonds. The first-order valence-electron chi connectivity index (χ1n) is 5.07. The van der Waals surface area contributed by atoms with Gasteiger partial charge in [0.25, 0.3) is 0 Å². The molecule has 0 bridgehead atoms. The van der Waals surface area contributed by atoms with Gasteiger partial charge in [0.15, 0.2) is 0 Å². The highest BCUT2D eigenvalue weighted by atomic mass is 32.2. The predicted molar refractivity (Wildman–Crippen MR) is 66.0 cm³/mol. The van der Waals surface area contributed by atoms with E-state index in [1.54, 1.807) is 11.8 Å². The Balaban J connectivity index is 2.42. The molecule has 1 aromatic carbocycles. The van der Waals surface area contributed by atoms with Crippen LogP contribution in [0.3, 0.4) is 0 Å². The summed E-state index contributed by atoms with van der Waals surface area (Å²) in [7, 11) is 0. The number of carbonyl (C=O) groups is 1. The van der Waals surface area contributed by atoms with E-state index in [4.69, 9.17) is 0 Å². The lowest BCUT2D eigenvalue weighted by Crippen LogP contribution is -2.26. The minimum Gasteiger partial charge on any atom is -0.350 e. The first kappa shape index (κ1) is 12.1. The van der Waals surface area contributed by atoms with E-state index in [-0.39, 0.29) is 11.9 Å². The Kier molecular flexibility index (Phi) is 5.26. The molecule has 0 aliphatic carbocycles. The van der Waals surface area contributed by atoms with E-state index in [2.05, 4.69) is 5.32 Å².